The number of carboxylic acids is 1. The molecule has 0 unspecified atom stereocenters. The third kappa shape index (κ3) is 2.91. The molecule has 15 heavy (non-hydrogen) atoms. The number of aromatic carboxylic acids is 1. The fourth-order valence-electron chi connectivity index (χ4n) is 0.599. The molecule has 82 valence electrons. The van der Waals surface area contributed by atoms with Crippen molar-refractivity contribution in [3.63, 3.8) is 0 Å². The van der Waals surface area contributed by atoms with Crippen molar-refractivity contribution in [2.24, 2.45) is 0 Å². The molecular weight excluding hydrogens is 237 g/mol. The minimum Gasteiger partial charge on any atom is -0.477 e. The molecule has 0 aliphatic rings. The summed E-state index contributed by atoms with van der Waals surface area (Å²) < 4.78 is 35.2. The van der Waals surface area contributed by atoms with Crippen molar-refractivity contribution in [2.75, 3.05) is 5.32 Å². The topological polar surface area (TPSA) is 79.3 Å². The summed E-state index contributed by atoms with van der Waals surface area (Å²) in [7, 11) is 0. The highest BCUT2D eigenvalue weighted by Gasteiger charge is 2.39. The van der Waals surface area contributed by atoms with Crippen LogP contribution in [-0.4, -0.2) is 28.1 Å². The van der Waals surface area contributed by atoms with Gasteiger partial charge in [0.1, 0.15) is 4.88 Å². The number of nitrogens with one attached hydrogen (secondary N) is 1. The average molecular weight is 240 g/mol. The summed E-state index contributed by atoms with van der Waals surface area (Å²) in [4.78, 5) is 23.8. The summed E-state index contributed by atoms with van der Waals surface area (Å²) in [5.41, 5.74) is 0. The van der Waals surface area contributed by atoms with E-state index in [0.717, 1.165) is 6.20 Å². The number of carbonyl (C=O) groups excluding carboxylic acids is 1. The highest BCUT2D eigenvalue weighted by atomic mass is 32.1. The van der Waals surface area contributed by atoms with Crippen molar-refractivity contribution in [3.8, 4) is 0 Å². The van der Waals surface area contributed by atoms with Gasteiger partial charge in [-0.1, -0.05) is 11.3 Å². The molecule has 1 amide bonds. The Balaban J connectivity index is 2.74. The molecule has 1 rings (SSSR count). The summed E-state index contributed by atoms with van der Waals surface area (Å²) in [6, 6.07) is 0. The molecule has 2 N–H and O–H groups in total. The van der Waals surface area contributed by atoms with E-state index < -0.39 is 23.2 Å². The Bertz CT molecular complexity index is 401. The van der Waals surface area contributed by atoms with Gasteiger partial charge in [-0.3, -0.25) is 10.1 Å². The molecule has 0 fully saturated rings. The number of rotatable bonds is 2. The van der Waals surface area contributed by atoms with E-state index >= 15 is 0 Å². The monoisotopic (exact) mass is 240 g/mol. The van der Waals surface area contributed by atoms with Gasteiger partial charge in [0.05, 0.1) is 6.20 Å². The lowest BCUT2D eigenvalue weighted by Crippen LogP contribution is -2.29. The second kappa shape index (κ2) is 3.85. The number of aromatic nitrogens is 1. The lowest BCUT2D eigenvalue weighted by Gasteiger charge is -2.03. The van der Waals surface area contributed by atoms with E-state index in [1.165, 1.54) is 5.32 Å². The third-order valence-corrected chi connectivity index (χ3v) is 2.10. The van der Waals surface area contributed by atoms with Gasteiger partial charge < -0.3 is 5.11 Å². The van der Waals surface area contributed by atoms with Gasteiger partial charge in [-0.05, 0) is 0 Å². The molecule has 0 aliphatic carbocycles. The first-order valence-corrected chi connectivity index (χ1v) is 4.19. The largest absolute Gasteiger partial charge is 0.477 e. The number of carboxylic acid groups (broad SMARTS) is 1. The minimum atomic E-state index is -5.02. The minimum absolute atomic E-state index is 0.257. The number of hydrogen-bond acceptors (Lipinski definition) is 4. The number of alkyl halides is 3. The predicted molar refractivity (Wildman–Crippen MR) is 43.8 cm³/mol. The van der Waals surface area contributed by atoms with Gasteiger partial charge in [0.2, 0.25) is 0 Å². The van der Waals surface area contributed by atoms with Gasteiger partial charge in [0, 0.05) is 0 Å². The van der Waals surface area contributed by atoms with Gasteiger partial charge in [-0.2, -0.15) is 13.2 Å². The molecular formula is C6H3F3N2O3S. The van der Waals surface area contributed by atoms with Gasteiger partial charge in [-0.15, -0.1) is 0 Å². The lowest BCUT2D eigenvalue weighted by molar-refractivity contribution is -0.167. The predicted octanol–water partition coefficient (Wildman–Crippen LogP) is 1.34. The third-order valence-electron chi connectivity index (χ3n) is 1.19. The standard InChI is InChI=1S/C6H3F3N2O3S/c7-6(8,9)4(14)11-5-10-1-2(15-5)3(12)13/h1H,(H,12,13)(H,10,11,14). The molecule has 0 spiro atoms. The van der Waals surface area contributed by atoms with Gasteiger partial charge >= 0.3 is 18.1 Å². The number of thiazole rings is 1. The van der Waals surface area contributed by atoms with Crippen LogP contribution in [0.3, 0.4) is 0 Å². The molecule has 0 bridgehead atoms. The van der Waals surface area contributed by atoms with Crippen LogP contribution >= 0.6 is 11.3 Å². The first-order chi connectivity index (χ1) is 6.80. The Morgan fingerprint density at radius 3 is 2.47 bits per heavy atom. The Kier molecular flexibility index (Phi) is 2.93. The van der Waals surface area contributed by atoms with Crippen LogP contribution in [0.5, 0.6) is 0 Å². The summed E-state index contributed by atoms with van der Waals surface area (Å²) in [6.45, 7) is 0. The maximum absolute atomic E-state index is 11.7. The molecule has 0 saturated heterocycles. The smallest absolute Gasteiger partial charge is 0.471 e. The molecule has 0 atom stereocenters. The second-order valence-corrected chi connectivity index (χ2v) is 3.32. The quantitative estimate of drug-likeness (QED) is 0.817. The van der Waals surface area contributed by atoms with Crippen LogP contribution in [0.2, 0.25) is 0 Å². The lowest BCUT2D eigenvalue weighted by atomic mass is 10.6. The van der Waals surface area contributed by atoms with Crippen molar-refractivity contribution >= 4 is 28.3 Å². The molecule has 1 aromatic heterocycles. The molecule has 0 saturated carbocycles. The Morgan fingerprint density at radius 1 is 1.47 bits per heavy atom. The van der Waals surface area contributed by atoms with Crippen molar-refractivity contribution < 1.29 is 27.9 Å². The van der Waals surface area contributed by atoms with Crippen LogP contribution in [0.25, 0.3) is 0 Å². The van der Waals surface area contributed by atoms with Crippen LogP contribution < -0.4 is 5.32 Å². The SMILES string of the molecule is O=C(O)c1cnc(NC(=O)C(F)(F)F)s1. The van der Waals surface area contributed by atoms with E-state index in [2.05, 4.69) is 4.98 Å². The molecule has 0 aliphatic heterocycles. The van der Waals surface area contributed by atoms with E-state index in [1.54, 1.807) is 0 Å². The van der Waals surface area contributed by atoms with Gasteiger partial charge in [0.25, 0.3) is 0 Å². The Hall–Kier alpha value is -1.64. The van der Waals surface area contributed by atoms with E-state index in [0.29, 0.717) is 11.3 Å². The van der Waals surface area contributed by atoms with Gasteiger partial charge in [0.15, 0.2) is 5.13 Å². The second-order valence-electron chi connectivity index (χ2n) is 2.29. The first kappa shape index (κ1) is 11.4. The number of carbonyl (C=O) groups is 2. The summed E-state index contributed by atoms with van der Waals surface area (Å²) in [5.74, 6) is -3.51. The Labute approximate surface area is 84.5 Å². The van der Waals surface area contributed by atoms with Crippen LogP contribution in [-0.2, 0) is 4.79 Å². The molecule has 5 nitrogen and oxygen atoms in total. The zero-order valence-corrected chi connectivity index (χ0v) is 7.65. The molecule has 1 aromatic rings. The fourth-order valence-corrected chi connectivity index (χ4v) is 1.25. The van der Waals surface area contributed by atoms with Crippen LogP contribution in [0.4, 0.5) is 18.3 Å². The number of nitrogens with zero attached hydrogens (tertiary/aromatic N) is 1. The molecule has 0 radical (unpaired) electrons. The Morgan fingerprint density at radius 2 is 2.07 bits per heavy atom. The number of hydrogen-bond donors (Lipinski definition) is 2. The van der Waals surface area contributed by atoms with Crippen molar-refractivity contribution in [3.05, 3.63) is 11.1 Å². The zero-order chi connectivity index (χ0) is 11.6. The highest BCUT2D eigenvalue weighted by molar-refractivity contribution is 7.17. The first-order valence-electron chi connectivity index (χ1n) is 3.38. The average Bonchev–Trinajstić information content (AvgIpc) is 2.50. The van der Waals surface area contributed by atoms with Crippen molar-refractivity contribution in [1.82, 2.24) is 4.98 Å². The normalized spacial score (nSPS) is 11.1. The van der Waals surface area contributed by atoms with E-state index in [-0.39, 0.29) is 4.88 Å². The van der Waals surface area contributed by atoms with Crippen molar-refractivity contribution in [2.45, 2.75) is 6.18 Å². The number of halogens is 3. The number of amides is 1. The zero-order valence-electron chi connectivity index (χ0n) is 6.83. The highest BCUT2D eigenvalue weighted by Crippen LogP contribution is 2.21. The van der Waals surface area contributed by atoms with E-state index in [1.807, 2.05) is 0 Å². The van der Waals surface area contributed by atoms with Gasteiger partial charge in [-0.25, -0.2) is 9.78 Å². The maximum atomic E-state index is 11.7. The summed E-state index contributed by atoms with van der Waals surface area (Å²) in [6.07, 6.45) is -4.16. The summed E-state index contributed by atoms with van der Waals surface area (Å²) in [5, 5.41) is 9.46. The molecule has 0 aromatic carbocycles. The number of anilines is 1. The molecule has 1 heterocycles. The maximum Gasteiger partial charge on any atom is 0.471 e. The molecule has 9 heteroatoms. The van der Waals surface area contributed by atoms with Crippen LogP contribution in [0.1, 0.15) is 9.67 Å². The van der Waals surface area contributed by atoms with E-state index in [9.17, 15) is 22.8 Å². The van der Waals surface area contributed by atoms with Crippen molar-refractivity contribution in [1.29, 1.82) is 0 Å². The fraction of sp³-hybridized carbons (Fsp3) is 0.167. The van der Waals surface area contributed by atoms with Crippen LogP contribution in [0.15, 0.2) is 6.20 Å². The summed E-state index contributed by atoms with van der Waals surface area (Å²) >= 11 is 0.443. The van der Waals surface area contributed by atoms with E-state index in [4.69, 9.17) is 5.11 Å². The van der Waals surface area contributed by atoms with Crippen LogP contribution in [0, 0.1) is 0 Å².